The molecule has 0 saturated carbocycles. The normalized spacial score (nSPS) is 14.7. The van der Waals surface area contributed by atoms with E-state index in [1.807, 2.05) is 7.05 Å². The molecule has 0 bridgehead atoms. The van der Waals surface area contributed by atoms with Gasteiger partial charge in [-0.25, -0.2) is 14.2 Å². The fourth-order valence-electron chi connectivity index (χ4n) is 4.63. The number of halogens is 2. The Morgan fingerprint density at radius 1 is 1.19 bits per heavy atom. The van der Waals surface area contributed by atoms with Crippen molar-refractivity contribution in [1.29, 1.82) is 0 Å². The lowest BCUT2D eigenvalue weighted by molar-refractivity contribution is -0.133. The summed E-state index contributed by atoms with van der Waals surface area (Å²) in [5, 5.41) is 26.0. The molecule has 4 N–H and O–H groups in total. The average molecular weight is 611 g/mol. The molecule has 2 aromatic heterocycles. The van der Waals surface area contributed by atoms with E-state index in [2.05, 4.69) is 41.0 Å². The molecule has 4 aromatic rings. The van der Waals surface area contributed by atoms with Crippen molar-refractivity contribution in [3.8, 4) is 5.69 Å². The van der Waals surface area contributed by atoms with E-state index in [-0.39, 0.29) is 41.0 Å². The fourth-order valence-corrected chi connectivity index (χ4v) is 4.79. The standard InChI is InChI=1S/C27H28ClFN10O4/c1-37-8-10-38(11-9-37)24(41)13-17(14-30-16-2-5-20-21(12-16)34-26(33-20)27(42)43)32-23(40)7-3-18-22(39-15-31-35-36-39)6-4-19(28)25(18)29/h2-7,12,15,17,30H,8-11,13-14H2,1H3,(H,32,40)(H,33,34)(H,42,43). The number of aromatic carboxylic acids is 1. The van der Waals surface area contributed by atoms with Crippen LogP contribution in [0.2, 0.25) is 5.02 Å². The van der Waals surface area contributed by atoms with Crippen LogP contribution in [0.5, 0.6) is 0 Å². The Labute approximate surface area is 249 Å². The molecule has 224 valence electrons. The van der Waals surface area contributed by atoms with Gasteiger partial charge in [0.05, 0.1) is 27.8 Å². The zero-order chi connectivity index (χ0) is 30.5. The third-order valence-corrected chi connectivity index (χ3v) is 7.26. The summed E-state index contributed by atoms with van der Waals surface area (Å²) in [5.74, 6) is -2.77. The number of carbonyl (C=O) groups excluding carboxylic acids is 2. The molecule has 0 radical (unpaired) electrons. The van der Waals surface area contributed by atoms with E-state index in [0.29, 0.717) is 29.8 Å². The number of nitrogens with one attached hydrogen (secondary N) is 3. The van der Waals surface area contributed by atoms with Gasteiger partial charge in [0.25, 0.3) is 0 Å². The molecule has 2 amide bonds. The molecule has 3 heterocycles. The predicted octanol–water partition coefficient (Wildman–Crippen LogP) is 1.80. The van der Waals surface area contributed by atoms with Crippen molar-refractivity contribution in [3.05, 3.63) is 65.0 Å². The van der Waals surface area contributed by atoms with E-state index in [1.165, 1.54) is 29.2 Å². The minimum Gasteiger partial charge on any atom is -0.475 e. The number of benzene rings is 2. The molecule has 1 atom stereocenters. The second-order valence-corrected chi connectivity index (χ2v) is 10.4. The fraction of sp³-hybridized carbons (Fsp3) is 0.296. The van der Waals surface area contributed by atoms with E-state index in [9.17, 15) is 23.9 Å². The molecule has 1 fully saturated rings. The van der Waals surface area contributed by atoms with Crippen LogP contribution in [0.4, 0.5) is 10.1 Å². The maximum atomic E-state index is 14.9. The van der Waals surface area contributed by atoms with Gasteiger partial charge in [0.15, 0.2) is 5.82 Å². The van der Waals surface area contributed by atoms with Gasteiger partial charge in [-0.15, -0.1) is 5.10 Å². The Balaban J connectivity index is 1.32. The summed E-state index contributed by atoms with van der Waals surface area (Å²) in [6, 6.07) is 7.32. The van der Waals surface area contributed by atoms with Crippen LogP contribution in [-0.2, 0) is 9.59 Å². The van der Waals surface area contributed by atoms with Gasteiger partial charge >= 0.3 is 5.97 Å². The quantitative estimate of drug-likeness (QED) is 0.194. The summed E-state index contributed by atoms with van der Waals surface area (Å²) >= 11 is 5.98. The molecule has 1 unspecified atom stereocenters. The number of carboxylic acids is 1. The van der Waals surface area contributed by atoms with Gasteiger partial charge in [0, 0.05) is 56.5 Å². The minimum atomic E-state index is -1.17. The highest BCUT2D eigenvalue weighted by Gasteiger charge is 2.23. The average Bonchev–Trinajstić information content (AvgIpc) is 3.67. The highest BCUT2D eigenvalue weighted by Crippen LogP contribution is 2.25. The number of nitrogens with zero attached hydrogens (tertiary/aromatic N) is 7. The summed E-state index contributed by atoms with van der Waals surface area (Å²) < 4.78 is 16.2. The van der Waals surface area contributed by atoms with Crippen molar-refractivity contribution < 1.29 is 23.9 Å². The summed E-state index contributed by atoms with van der Waals surface area (Å²) in [6.45, 7) is 2.84. The molecule has 0 spiro atoms. The SMILES string of the molecule is CN1CCN(C(=O)CC(CNc2ccc3nc(C(=O)O)[nH]c3c2)NC(=O)C=Cc2c(-n3cnnn3)ccc(Cl)c2F)CC1. The molecule has 43 heavy (non-hydrogen) atoms. The first-order valence-electron chi connectivity index (χ1n) is 13.3. The lowest BCUT2D eigenvalue weighted by Gasteiger charge is -2.33. The molecule has 2 aromatic carbocycles. The first-order valence-corrected chi connectivity index (χ1v) is 13.7. The monoisotopic (exact) mass is 610 g/mol. The van der Waals surface area contributed by atoms with Crippen LogP contribution in [0.15, 0.2) is 42.7 Å². The van der Waals surface area contributed by atoms with Gasteiger partial charge < -0.3 is 30.5 Å². The van der Waals surface area contributed by atoms with Gasteiger partial charge in [-0.05, 0) is 53.9 Å². The number of hydrogen-bond acceptors (Lipinski definition) is 9. The van der Waals surface area contributed by atoms with Gasteiger partial charge in [-0.1, -0.05) is 11.6 Å². The number of hydrogen-bond donors (Lipinski definition) is 4. The summed E-state index contributed by atoms with van der Waals surface area (Å²) in [6.07, 6.45) is 3.73. The molecule has 14 nitrogen and oxygen atoms in total. The van der Waals surface area contributed by atoms with Crippen LogP contribution in [0.25, 0.3) is 22.8 Å². The van der Waals surface area contributed by atoms with Gasteiger partial charge in [-0.2, -0.15) is 4.68 Å². The molecule has 16 heteroatoms. The highest BCUT2D eigenvalue weighted by atomic mass is 35.5. The topological polar surface area (TPSA) is 174 Å². The van der Waals surface area contributed by atoms with Crippen molar-refractivity contribution in [1.82, 2.24) is 45.3 Å². The second kappa shape index (κ2) is 13.0. The third kappa shape index (κ3) is 7.13. The Hall–Kier alpha value is -4.89. The smallest absolute Gasteiger partial charge is 0.371 e. The van der Waals surface area contributed by atoms with Crippen LogP contribution in [0, 0.1) is 5.82 Å². The van der Waals surface area contributed by atoms with Crippen molar-refractivity contribution in [2.45, 2.75) is 12.5 Å². The predicted molar refractivity (Wildman–Crippen MR) is 155 cm³/mol. The van der Waals surface area contributed by atoms with Gasteiger partial charge in [-0.3, -0.25) is 9.59 Å². The van der Waals surface area contributed by atoms with Crippen LogP contribution < -0.4 is 10.6 Å². The molecular weight excluding hydrogens is 583 g/mol. The number of fused-ring (bicyclic) bond motifs is 1. The lowest BCUT2D eigenvalue weighted by atomic mass is 10.1. The van der Waals surface area contributed by atoms with Crippen molar-refractivity contribution in [3.63, 3.8) is 0 Å². The number of anilines is 1. The first kappa shape index (κ1) is 29.6. The number of aromatic nitrogens is 6. The van der Waals surface area contributed by atoms with Gasteiger partial charge in [0.1, 0.15) is 6.33 Å². The highest BCUT2D eigenvalue weighted by molar-refractivity contribution is 6.31. The number of H-pyrrole nitrogens is 1. The van der Waals surface area contributed by atoms with E-state index < -0.39 is 23.7 Å². The zero-order valence-corrected chi connectivity index (χ0v) is 23.8. The molecule has 0 aliphatic carbocycles. The van der Waals surface area contributed by atoms with Crippen LogP contribution in [0.1, 0.15) is 22.6 Å². The van der Waals surface area contributed by atoms with Crippen LogP contribution >= 0.6 is 11.6 Å². The number of carboxylic acid groups (broad SMARTS) is 1. The van der Waals surface area contributed by atoms with E-state index in [4.69, 9.17) is 11.6 Å². The Morgan fingerprint density at radius 3 is 2.70 bits per heavy atom. The number of piperazine rings is 1. The van der Waals surface area contributed by atoms with Crippen LogP contribution in [-0.4, -0.2) is 109 Å². The number of aromatic amines is 1. The molecule has 5 rings (SSSR count). The molecular formula is C27H28ClFN10O4. The van der Waals surface area contributed by atoms with Crippen molar-refractivity contribution >= 4 is 52.2 Å². The number of carbonyl (C=O) groups is 3. The summed E-state index contributed by atoms with van der Waals surface area (Å²) in [4.78, 5) is 48.1. The Morgan fingerprint density at radius 2 is 1.98 bits per heavy atom. The summed E-state index contributed by atoms with van der Waals surface area (Å²) in [7, 11) is 1.99. The van der Waals surface area contributed by atoms with Gasteiger partial charge in [0.2, 0.25) is 17.6 Å². The molecule has 1 aliphatic heterocycles. The minimum absolute atomic E-state index is 0.00623. The van der Waals surface area contributed by atoms with Crippen molar-refractivity contribution in [2.75, 3.05) is 45.1 Å². The number of likely N-dealkylation sites (N-methyl/N-ethyl adjacent to an activating group) is 1. The first-order chi connectivity index (χ1) is 20.7. The number of imidazole rings is 1. The zero-order valence-electron chi connectivity index (χ0n) is 23.0. The molecule has 1 aliphatic rings. The van der Waals surface area contributed by atoms with E-state index in [0.717, 1.165) is 19.2 Å². The maximum Gasteiger partial charge on any atom is 0.371 e. The number of amides is 2. The third-order valence-electron chi connectivity index (χ3n) is 6.97. The number of rotatable bonds is 10. The van der Waals surface area contributed by atoms with E-state index in [1.54, 1.807) is 23.1 Å². The van der Waals surface area contributed by atoms with Crippen LogP contribution in [0.3, 0.4) is 0 Å². The maximum absolute atomic E-state index is 14.9. The van der Waals surface area contributed by atoms with Crippen molar-refractivity contribution in [2.24, 2.45) is 0 Å². The largest absolute Gasteiger partial charge is 0.475 e. The Bertz CT molecular complexity index is 1670. The Kier molecular flexibility index (Phi) is 8.92. The lowest BCUT2D eigenvalue weighted by Crippen LogP contribution is -2.49. The number of tetrazole rings is 1. The second-order valence-electron chi connectivity index (χ2n) is 9.98. The molecule has 1 saturated heterocycles. The summed E-state index contributed by atoms with van der Waals surface area (Å²) in [5.41, 5.74) is 1.91. The van der Waals surface area contributed by atoms with E-state index >= 15 is 0 Å².